The molecule has 0 aromatic carbocycles. The number of rotatable bonds is 6. The van der Waals surface area contributed by atoms with Gasteiger partial charge in [-0.25, -0.2) is 4.98 Å². The second-order valence-electron chi connectivity index (χ2n) is 7.68. The minimum Gasteiger partial charge on any atom is -0.342 e. The van der Waals surface area contributed by atoms with Gasteiger partial charge in [-0.15, -0.1) is 0 Å². The SMILES string of the molecule is CC(C)CCN(C)C(=O)c1cc(C2CC2)nc2onc(C(C)C)c12. The third-order valence-corrected chi connectivity index (χ3v) is 4.65. The predicted octanol–water partition coefficient (Wildman–Crippen LogP) is 4.34. The highest BCUT2D eigenvalue weighted by atomic mass is 16.5. The number of carbonyl (C=O) groups is 1. The molecule has 0 N–H and O–H groups in total. The van der Waals surface area contributed by atoms with Gasteiger partial charge in [0.1, 0.15) is 0 Å². The van der Waals surface area contributed by atoms with Gasteiger partial charge in [-0.3, -0.25) is 4.79 Å². The fourth-order valence-electron chi connectivity index (χ4n) is 2.90. The van der Waals surface area contributed by atoms with Crippen LogP contribution in [0, 0.1) is 5.92 Å². The lowest BCUT2D eigenvalue weighted by atomic mass is 10.0. The van der Waals surface area contributed by atoms with E-state index in [1.54, 1.807) is 0 Å². The summed E-state index contributed by atoms with van der Waals surface area (Å²) in [6, 6.07) is 1.97. The summed E-state index contributed by atoms with van der Waals surface area (Å²) in [6.07, 6.45) is 3.27. The van der Waals surface area contributed by atoms with Crippen molar-refractivity contribution in [1.82, 2.24) is 15.0 Å². The van der Waals surface area contributed by atoms with Gasteiger partial charge in [-0.2, -0.15) is 0 Å². The Balaban J connectivity index is 2.03. The third kappa shape index (κ3) is 3.30. The molecule has 5 heteroatoms. The van der Waals surface area contributed by atoms with E-state index >= 15 is 0 Å². The molecule has 0 radical (unpaired) electrons. The molecule has 0 bridgehead atoms. The van der Waals surface area contributed by atoms with Gasteiger partial charge >= 0.3 is 0 Å². The Morgan fingerprint density at radius 2 is 2.04 bits per heavy atom. The second-order valence-corrected chi connectivity index (χ2v) is 7.68. The zero-order chi connectivity index (χ0) is 17.4. The Kier molecular flexibility index (Phi) is 4.61. The molecule has 2 aromatic heterocycles. The van der Waals surface area contributed by atoms with Gasteiger partial charge in [0.2, 0.25) is 0 Å². The lowest BCUT2D eigenvalue weighted by Gasteiger charge is -2.19. The van der Waals surface area contributed by atoms with Crippen molar-refractivity contribution in [3.63, 3.8) is 0 Å². The average Bonchev–Trinajstić information content (AvgIpc) is 3.29. The van der Waals surface area contributed by atoms with E-state index in [4.69, 9.17) is 4.52 Å². The second kappa shape index (κ2) is 6.54. The molecule has 1 aliphatic carbocycles. The van der Waals surface area contributed by atoms with E-state index in [1.807, 2.05) is 18.0 Å². The first-order valence-electron chi connectivity index (χ1n) is 8.94. The van der Waals surface area contributed by atoms with E-state index < -0.39 is 0 Å². The fraction of sp³-hybridized carbons (Fsp3) is 0.632. The number of nitrogens with zero attached hydrogens (tertiary/aromatic N) is 3. The molecule has 5 nitrogen and oxygen atoms in total. The average molecular weight is 329 g/mol. The van der Waals surface area contributed by atoms with Crippen molar-refractivity contribution >= 4 is 17.0 Å². The van der Waals surface area contributed by atoms with Crippen LogP contribution in [-0.4, -0.2) is 34.5 Å². The summed E-state index contributed by atoms with van der Waals surface area (Å²) < 4.78 is 5.47. The molecule has 1 fully saturated rings. The molecule has 2 heterocycles. The van der Waals surface area contributed by atoms with E-state index in [-0.39, 0.29) is 11.8 Å². The van der Waals surface area contributed by atoms with Gasteiger partial charge in [0, 0.05) is 25.2 Å². The molecular formula is C19H27N3O2. The zero-order valence-electron chi connectivity index (χ0n) is 15.3. The van der Waals surface area contributed by atoms with Crippen LogP contribution in [0.3, 0.4) is 0 Å². The molecule has 0 saturated heterocycles. The zero-order valence-corrected chi connectivity index (χ0v) is 15.3. The minimum atomic E-state index is 0.0371. The van der Waals surface area contributed by atoms with Gasteiger partial charge in [0.05, 0.1) is 16.6 Å². The molecule has 0 aliphatic heterocycles. The molecule has 1 amide bonds. The molecule has 130 valence electrons. The predicted molar refractivity (Wildman–Crippen MR) is 94.3 cm³/mol. The van der Waals surface area contributed by atoms with E-state index in [2.05, 4.69) is 37.8 Å². The molecular weight excluding hydrogens is 302 g/mol. The molecule has 1 aliphatic rings. The van der Waals surface area contributed by atoms with Crippen LogP contribution in [0.25, 0.3) is 11.1 Å². The van der Waals surface area contributed by atoms with Crippen LogP contribution < -0.4 is 0 Å². The molecule has 24 heavy (non-hydrogen) atoms. The quantitative estimate of drug-likeness (QED) is 0.791. The number of carbonyl (C=O) groups excluding carboxylic acids is 1. The van der Waals surface area contributed by atoms with Crippen molar-refractivity contribution in [3.8, 4) is 0 Å². The smallest absolute Gasteiger partial charge is 0.259 e. The first kappa shape index (κ1) is 16.9. The summed E-state index contributed by atoms with van der Waals surface area (Å²) in [6.45, 7) is 9.21. The Hall–Kier alpha value is -1.91. The van der Waals surface area contributed by atoms with Gasteiger partial charge in [0.25, 0.3) is 11.6 Å². The monoisotopic (exact) mass is 329 g/mol. The van der Waals surface area contributed by atoms with Crippen molar-refractivity contribution < 1.29 is 9.32 Å². The number of hydrogen-bond acceptors (Lipinski definition) is 4. The lowest BCUT2D eigenvalue weighted by molar-refractivity contribution is 0.0791. The van der Waals surface area contributed by atoms with Crippen LogP contribution in [0.4, 0.5) is 0 Å². The van der Waals surface area contributed by atoms with Crippen LogP contribution in [0.15, 0.2) is 10.6 Å². The maximum atomic E-state index is 13.1. The molecule has 1 saturated carbocycles. The summed E-state index contributed by atoms with van der Waals surface area (Å²) in [5, 5.41) is 4.97. The third-order valence-electron chi connectivity index (χ3n) is 4.65. The van der Waals surface area contributed by atoms with Crippen molar-refractivity contribution in [1.29, 1.82) is 0 Å². The van der Waals surface area contributed by atoms with Gasteiger partial charge in [0.15, 0.2) is 0 Å². The molecule has 2 aromatic rings. The largest absolute Gasteiger partial charge is 0.342 e. The van der Waals surface area contributed by atoms with Gasteiger partial charge < -0.3 is 9.42 Å². The van der Waals surface area contributed by atoms with Gasteiger partial charge in [-0.05, 0) is 37.2 Å². The summed E-state index contributed by atoms with van der Waals surface area (Å²) in [4.78, 5) is 19.5. The fourth-order valence-corrected chi connectivity index (χ4v) is 2.90. The summed E-state index contributed by atoms with van der Waals surface area (Å²) >= 11 is 0. The summed E-state index contributed by atoms with van der Waals surface area (Å²) in [5.74, 6) is 1.26. The number of fused-ring (bicyclic) bond motifs is 1. The van der Waals surface area contributed by atoms with Crippen LogP contribution in [0.5, 0.6) is 0 Å². The number of aromatic nitrogens is 2. The molecule has 0 spiro atoms. The molecule has 3 rings (SSSR count). The highest BCUT2D eigenvalue weighted by molar-refractivity contribution is 6.06. The number of pyridine rings is 1. The first-order chi connectivity index (χ1) is 11.4. The first-order valence-corrected chi connectivity index (χ1v) is 8.94. The van der Waals surface area contributed by atoms with Gasteiger partial charge in [-0.1, -0.05) is 32.9 Å². The van der Waals surface area contributed by atoms with Crippen molar-refractivity contribution in [2.45, 2.75) is 58.8 Å². The molecule has 0 unspecified atom stereocenters. The molecule has 0 atom stereocenters. The highest BCUT2D eigenvalue weighted by Crippen LogP contribution is 2.41. The maximum Gasteiger partial charge on any atom is 0.259 e. The van der Waals surface area contributed by atoms with E-state index in [0.717, 1.165) is 42.6 Å². The Morgan fingerprint density at radius 1 is 1.33 bits per heavy atom. The number of amides is 1. The Labute approximate surface area is 143 Å². The number of hydrogen-bond donors (Lipinski definition) is 0. The van der Waals surface area contributed by atoms with E-state index in [9.17, 15) is 4.79 Å². The summed E-state index contributed by atoms with van der Waals surface area (Å²) in [7, 11) is 1.87. The standard InChI is InChI=1S/C19H27N3O2/c1-11(2)8-9-22(5)19(23)14-10-15(13-6-7-13)20-18-16(14)17(12(3)4)21-24-18/h10-13H,6-9H2,1-5H3. The van der Waals surface area contributed by atoms with Crippen molar-refractivity contribution in [3.05, 3.63) is 23.0 Å². The maximum absolute atomic E-state index is 13.1. The summed E-state index contributed by atoms with van der Waals surface area (Å²) in [5.41, 5.74) is 2.98. The normalized spacial score (nSPS) is 14.8. The van der Waals surface area contributed by atoms with Crippen molar-refractivity contribution in [2.24, 2.45) is 5.92 Å². The topological polar surface area (TPSA) is 59.2 Å². The van der Waals surface area contributed by atoms with Crippen LogP contribution in [-0.2, 0) is 0 Å². The Morgan fingerprint density at radius 3 is 2.62 bits per heavy atom. The highest BCUT2D eigenvalue weighted by Gasteiger charge is 2.30. The van der Waals surface area contributed by atoms with E-state index in [1.165, 1.54) is 0 Å². The van der Waals surface area contributed by atoms with Crippen molar-refractivity contribution in [2.75, 3.05) is 13.6 Å². The van der Waals surface area contributed by atoms with Crippen LogP contribution in [0.1, 0.15) is 80.5 Å². The van der Waals surface area contributed by atoms with Crippen LogP contribution >= 0.6 is 0 Å². The Bertz CT molecular complexity index is 744. The van der Waals surface area contributed by atoms with Crippen LogP contribution in [0.2, 0.25) is 0 Å². The van der Waals surface area contributed by atoms with E-state index in [0.29, 0.717) is 23.1 Å². The lowest BCUT2D eigenvalue weighted by Crippen LogP contribution is -2.29. The minimum absolute atomic E-state index is 0.0371.